The lowest BCUT2D eigenvalue weighted by Gasteiger charge is -2.25. The van der Waals surface area contributed by atoms with Crippen molar-refractivity contribution in [2.45, 2.75) is 58.8 Å². The first-order valence-electron chi connectivity index (χ1n) is 6.12. The van der Waals surface area contributed by atoms with Gasteiger partial charge in [-0.1, -0.05) is 39.5 Å². The molecule has 0 aromatic rings. The molecule has 1 N–H and O–H groups in total. The third-order valence-corrected chi connectivity index (χ3v) is 3.50. The average Bonchev–Trinajstić information content (AvgIpc) is 2.50. The molecule has 0 bridgehead atoms. The molecule has 0 aromatic heterocycles. The van der Waals surface area contributed by atoms with Crippen molar-refractivity contribution in [1.29, 1.82) is 0 Å². The van der Waals surface area contributed by atoms with E-state index >= 15 is 0 Å². The first kappa shape index (κ1) is 11.0. The van der Waals surface area contributed by atoms with Gasteiger partial charge >= 0.3 is 0 Å². The number of hydrogen-bond acceptors (Lipinski definition) is 1. The second-order valence-corrected chi connectivity index (χ2v) is 4.34. The molecule has 1 aliphatic carbocycles. The predicted molar refractivity (Wildman–Crippen MR) is 59.0 cm³/mol. The Balaban J connectivity index is 0.000000396. The molecule has 2 rings (SSSR count). The molecule has 0 atom stereocenters. The SMILES string of the molecule is C1CCCC2(CC1)CCNC2.CC. The quantitative estimate of drug-likeness (QED) is 0.607. The highest BCUT2D eigenvalue weighted by Gasteiger charge is 2.33. The van der Waals surface area contributed by atoms with E-state index in [-0.39, 0.29) is 0 Å². The third-order valence-electron chi connectivity index (χ3n) is 3.50. The van der Waals surface area contributed by atoms with Gasteiger partial charge in [-0.2, -0.15) is 0 Å². The van der Waals surface area contributed by atoms with E-state index in [4.69, 9.17) is 0 Å². The highest BCUT2D eigenvalue weighted by atomic mass is 14.9. The van der Waals surface area contributed by atoms with Crippen LogP contribution in [0.25, 0.3) is 0 Å². The monoisotopic (exact) mass is 183 g/mol. The molecule has 2 aliphatic rings. The fourth-order valence-corrected chi connectivity index (χ4v) is 2.70. The van der Waals surface area contributed by atoms with Crippen LogP contribution in [0.3, 0.4) is 0 Å². The summed E-state index contributed by atoms with van der Waals surface area (Å²) >= 11 is 0. The van der Waals surface area contributed by atoms with Crippen LogP contribution >= 0.6 is 0 Å². The van der Waals surface area contributed by atoms with Crippen LogP contribution in [0.1, 0.15) is 58.8 Å². The summed E-state index contributed by atoms with van der Waals surface area (Å²) in [5.74, 6) is 0. The van der Waals surface area contributed by atoms with Gasteiger partial charge in [0, 0.05) is 6.54 Å². The predicted octanol–water partition coefficient (Wildman–Crippen LogP) is 3.35. The Bertz CT molecular complexity index is 115. The van der Waals surface area contributed by atoms with Gasteiger partial charge < -0.3 is 5.32 Å². The van der Waals surface area contributed by atoms with Crippen molar-refractivity contribution in [3.63, 3.8) is 0 Å². The van der Waals surface area contributed by atoms with Crippen LogP contribution in [0.15, 0.2) is 0 Å². The van der Waals surface area contributed by atoms with Crippen LogP contribution in [0.5, 0.6) is 0 Å². The average molecular weight is 183 g/mol. The summed E-state index contributed by atoms with van der Waals surface area (Å²) in [6.07, 6.45) is 10.4. The summed E-state index contributed by atoms with van der Waals surface area (Å²) in [5, 5.41) is 3.51. The van der Waals surface area contributed by atoms with Gasteiger partial charge in [-0.25, -0.2) is 0 Å². The second kappa shape index (κ2) is 5.64. The van der Waals surface area contributed by atoms with Crippen LogP contribution in [-0.2, 0) is 0 Å². The molecule has 0 aromatic carbocycles. The zero-order valence-corrected chi connectivity index (χ0v) is 9.36. The Hall–Kier alpha value is -0.0400. The molecule has 1 spiro atoms. The molecule has 78 valence electrons. The molecular formula is C12H25N. The highest BCUT2D eigenvalue weighted by molar-refractivity contribution is 4.88. The van der Waals surface area contributed by atoms with E-state index in [9.17, 15) is 0 Å². The summed E-state index contributed by atoms with van der Waals surface area (Å²) in [6, 6.07) is 0. The van der Waals surface area contributed by atoms with Crippen molar-refractivity contribution in [2.75, 3.05) is 13.1 Å². The standard InChI is InChI=1S/C10H19N.C2H6/c1-2-4-6-10(5-3-1)7-8-11-9-10;1-2/h11H,1-9H2;1-2H3. The van der Waals surface area contributed by atoms with Gasteiger partial charge in [0.25, 0.3) is 0 Å². The van der Waals surface area contributed by atoms with Crippen molar-refractivity contribution in [3.8, 4) is 0 Å². The van der Waals surface area contributed by atoms with Gasteiger partial charge in [0.05, 0.1) is 0 Å². The van der Waals surface area contributed by atoms with Crippen molar-refractivity contribution in [3.05, 3.63) is 0 Å². The van der Waals surface area contributed by atoms with Crippen LogP contribution in [-0.4, -0.2) is 13.1 Å². The second-order valence-electron chi connectivity index (χ2n) is 4.34. The molecular weight excluding hydrogens is 158 g/mol. The molecule has 0 unspecified atom stereocenters. The van der Waals surface area contributed by atoms with Gasteiger partial charge in [-0.05, 0) is 31.2 Å². The number of rotatable bonds is 0. The molecule has 1 saturated heterocycles. The minimum absolute atomic E-state index is 0.747. The minimum atomic E-state index is 0.747. The molecule has 0 amide bonds. The van der Waals surface area contributed by atoms with Gasteiger partial charge in [0.2, 0.25) is 0 Å². The lowest BCUT2D eigenvalue weighted by atomic mass is 9.80. The topological polar surface area (TPSA) is 12.0 Å². The maximum Gasteiger partial charge on any atom is 0.000829 e. The maximum absolute atomic E-state index is 3.51. The highest BCUT2D eigenvalue weighted by Crippen LogP contribution is 2.39. The minimum Gasteiger partial charge on any atom is -0.316 e. The van der Waals surface area contributed by atoms with Crippen LogP contribution in [0.4, 0.5) is 0 Å². The van der Waals surface area contributed by atoms with Crippen molar-refractivity contribution in [2.24, 2.45) is 5.41 Å². The van der Waals surface area contributed by atoms with E-state index in [0.29, 0.717) is 0 Å². The number of hydrogen-bond donors (Lipinski definition) is 1. The fourth-order valence-electron chi connectivity index (χ4n) is 2.70. The Morgan fingerprint density at radius 2 is 1.46 bits per heavy atom. The van der Waals surface area contributed by atoms with E-state index < -0.39 is 0 Å². The van der Waals surface area contributed by atoms with Crippen molar-refractivity contribution < 1.29 is 0 Å². The van der Waals surface area contributed by atoms with E-state index in [1.54, 1.807) is 0 Å². The molecule has 2 fully saturated rings. The van der Waals surface area contributed by atoms with E-state index in [1.165, 1.54) is 58.0 Å². The molecule has 1 heterocycles. The smallest absolute Gasteiger partial charge is 0.000829 e. The summed E-state index contributed by atoms with van der Waals surface area (Å²) in [6.45, 7) is 6.59. The Labute approximate surface area is 83.3 Å². The molecule has 1 saturated carbocycles. The normalized spacial score (nSPS) is 26.3. The van der Waals surface area contributed by atoms with Crippen molar-refractivity contribution >= 4 is 0 Å². The van der Waals surface area contributed by atoms with E-state index in [1.807, 2.05) is 13.8 Å². The lowest BCUT2D eigenvalue weighted by Crippen LogP contribution is -2.22. The zero-order valence-electron chi connectivity index (χ0n) is 9.36. The van der Waals surface area contributed by atoms with Gasteiger partial charge in [0.15, 0.2) is 0 Å². The van der Waals surface area contributed by atoms with Crippen LogP contribution in [0.2, 0.25) is 0 Å². The summed E-state index contributed by atoms with van der Waals surface area (Å²) in [7, 11) is 0. The molecule has 1 aliphatic heterocycles. The maximum atomic E-state index is 3.51. The van der Waals surface area contributed by atoms with Gasteiger partial charge in [-0.15, -0.1) is 0 Å². The lowest BCUT2D eigenvalue weighted by molar-refractivity contribution is 0.277. The summed E-state index contributed by atoms with van der Waals surface area (Å²) < 4.78 is 0. The molecule has 1 heteroatoms. The number of nitrogens with one attached hydrogen (secondary N) is 1. The Kier molecular flexibility index (Phi) is 4.79. The first-order valence-corrected chi connectivity index (χ1v) is 6.12. The summed E-state index contributed by atoms with van der Waals surface area (Å²) in [4.78, 5) is 0. The Morgan fingerprint density at radius 1 is 0.846 bits per heavy atom. The van der Waals surface area contributed by atoms with Crippen LogP contribution in [0, 0.1) is 5.41 Å². The van der Waals surface area contributed by atoms with E-state index in [2.05, 4.69) is 5.32 Å². The van der Waals surface area contributed by atoms with Crippen LogP contribution < -0.4 is 5.32 Å². The van der Waals surface area contributed by atoms with Gasteiger partial charge in [-0.3, -0.25) is 0 Å². The molecule has 1 nitrogen and oxygen atoms in total. The zero-order chi connectivity index (χ0) is 9.57. The molecule has 0 radical (unpaired) electrons. The van der Waals surface area contributed by atoms with E-state index in [0.717, 1.165) is 5.41 Å². The summed E-state index contributed by atoms with van der Waals surface area (Å²) in [5.41, 5.74) is 0.747. The van der Waals surface area contributed by atoms with Crippen molar-refractivity contribution in [1.82, 2.24) is 5.32 Å². The molecule has 13 heavy (non-hydrogen) atoms. The fraction of sp³-hybridized carbons (Fsp3) is 1.00. The Morgan fingerprint density at radius 3 is 1.92 bits per heavy atom. The van der Waals surface area contributed by atoms with Gasteiger partial charge in [0.1, 0.15) is 0 Å². The third kappa shape index (κ3) is 2.98. The largest absolute Gasteiger partial charge is 0.316 e. The first-order chi connectivity index (χ1) is 6.41.